The molecule has 0 aliphatic carbocycles. The number of rotatable bonds is 2. The van der Waals surface area contributed by atoms with Gasteiger partial charge in [-0.3, -0.25) is 0 Å². The molecule has 0 bridgehead atoms. The first kappa shape index (κ1) is 12.5. The predicted octanol–water partition coefficient (Wildman–Crippen LogP) is 4.42. The van der Waals surface area contributed by atoms with Gasteiger partial charge in [0.2, 0.25) is 5.52 Å². The van der Waals surface area contributed by atoms with Gasteiger partial charge >= 0.3 is 0 Å². The summed E-state index contributed by atoms with van der Waals surface area (Å²) in [4.78, 5) is 4.77. The lowest BCUT2D eigenvalue weighted by Gasteiger charge is -2.01. The second-order valence-electron chi connectivity index (χ2n) is 5.06. The van der Waals surface area contributed by atoms with E-state index in [-0.39, 0.29) is 0 Å². The Morgan fingerprint density at radius 3 is 2.71 bits per heavy atom. The molecule has 4 aromatic rings. The van der Waals surface area contributed by atoms with E-state index in [0.29, 0.717) is 0 Å². The van der Waals surface area contributed by atoms with E-state index in [1.165, 1.54) is 21.2 Å². The van der Waals surface area contributed by atoms with Crippen LogP contribution in [0.25, 0.3) is 31.7 Å². The molecule has 0 radical (unpaired) electrons. The van der Waals surface area contributed by atoms with Gasteiger partial charge in [-0.1, -0.05) is 24.3 Å². The molecule has 0 N–H and O–H groups in total. The summed E-state index contributed by atoms with van der Waals surface area (Å²) >= 11 is 1.75. The largest absolute Gasteiger partial charge is 0.236 e. The van der Waals surface area contributed by atoms with Crippen LogP contribution in [0.4, 0.5) is 0 Å². The molecular formula is C18H15N2S+. The van der Waals surface area contributed by atoms with E-state index < -0.39 is 0 Å². The third-order valence-corrected chi connectivity index (χ3v) is 4.82. The zero-order chi connectivity index (χ0) is 14.2. The maximum Gasteiger partial charge on any atom is 0.212 e. The summed E-state index contributed by atoms with van der Waals surface area (Å²) in [7, 11) is 0. The Morgan fingerprint density at radius 2 is 1.86 bits per heavy atom. The SMILES string of the molecule is CC[n+]1cc(-c2nc3ccccc3s2)cc2ccccc21. The van der Waals surface area contributed by atoms with Gasteiger partial charge in [0.1, 0.15) is 11.6 Å². The van der Waals surface area contributed by atoms with Gasteiger partial charge < -0.3 is 0 Å². The van der Waals surface area contributed by atoms with Crippen molar-refractivity contribution < 1.29 is 4.57 Å². The molecule has 2 nitrogen and oxygen atoms in total. The van der Waals surface area contributed by atoms with Crippen molar-refractivity contribution in [3.8, 4) is 10.6 Å². The molecule has 0 unspecified atom stereocenters. The van der Waals surface area contributed by atoms with Crippen molar-refractivity contribution in [1.29, 1.82) is 0 Å². The van der Waals surface area contributed by atoms with Gasteiger partial charge in [0, 0.05) is 11.5 Å². The lowest BCUT2D eigenvalue weighted by molar-refractivity contribution is -0.667. The number of nitrogens with zero attached hydrogens (tertiary/aromatic N) is 2. The number of hydrogen-bond donors (Lipinski definition) is 0. The van der Waals surface area contributed by atoms with E-state index in [1.54, 1.807) is 11.3 Å². The zero-order valence-corrected chi connectivity index (χ0v) is 12.6. The number of thiazole rings is 1. The van der Waals surface area contributed by atoms with Gasteiger partial charge in [-0.05, 0) is 31.2 Å². The van der Waals surface area contributed by atoms with E-state index in [2.05, 4.69) is 66.2 Å². The minimum atomic E-state index is 0.958. The predicted molar refractivity (Wildman–Crippen MR) is 88.4 cm³/mol. The topological polar surface area (TPSA) is 16.8 Å². The fraction of sp³-hybridized carbons (Fsp3) is 0.111. The fourth-order valence-corrected chi connectivity index (χ4v) is 3.63. The quantitative estimate of drug-likeness (QED) is 0.499. The lowest BCUT2D eigenvalue weighted by atomic mass is 10.1. The zero-order valence-electron chi connectivity index (χ0n) is 11.8. The van der Waals surface area contributed by atoms with Crippen molar-refractivity contribution in [2.75, 3.05) is 0 Å². The van der Waals surface area contributed by atoms with Crippen molar-refractivity contribution in [3.63, 3.8) is 0 Å². The van der Waals surface area contributed by atoms with Crippen LogP contribution in [0.15, 0.2) is 60.8 Å². The molecule has 4 rings (SSSR count). The van der Waals surface area contributed by atoms with Gasteiger partial charge in [-0.2, -0.15) is 4.57 Å². The fourth-order valence-electron chi connectivity index (χ4n) is 2.69. The average Bonchev–Trinajstić information content (AvgIpc) is 2.98. The first-order valence-electron chi connectivity index (χ1n) is 7.13. The minimum Gasteiger partial charge on any atom is -0.236 e. The summed E-state index contributed by atoms with van der Waals surface area (Å²) in [6, 6.07) is 19.1. The molecule has 0 atom stereocenters. The van der Waals surface area contributed by atoms with Crippen molar-refractivity contribution >= 4 is 32.5 Å². The van der Waals surface area contributed by atoms with E-state index in [1.807, 2.05) is 6.07 Å². The highest BCUT2D eigenvalue weighted by atomic mass is 32.1. The number of hydrogen-bond acceptors (Lipinski definition) is 2. The van der Waals surface area contributed by atoms with Crippen LogP contribution in [0.3, 0.4) is 0 Å². The number of benzene rings is 2. The highest BCUT2D eigenvalue weighted by Gasteiger charge is 2.13. The summed E-state index contributed by atoms with van der Waals surface area (Å²) < 4.78 is 3.53. The number of pyridine rings is 1. The second-order valence-corrected chi connectivity index (χ2v) is 6.09. The Morgan fingerprint density at radius 1 is 1.05 bits per heavy atom. The number of para-hydroxylation sites is 2. The minimum absolute atomic E-state index is 0.958. The summed E-state index contributed by atoms with van der Waals surface area (Å²) in [6.07, 6.45) is 2.21. The molecule has 0 aliphatic heterocycles. The maximum atomic E-state index is 4.77. The molecule has 21 heavy (non-hydrogen) atoms. The van der Waals surface area contributed by atoms with Gasteiger partial charge in [0.05, 0.1) is 15.8 Å². The Balaban J connectivity index is 1.97. The number of aromatic nitrogens is 2. The van der Waals surface area contributed by atoms with Crippen LogP contribution in [0, 0.1) is 0 Å². The molecule has 3 heteroatoms. The smallest absolute Gasteiger partial charge is 0.212 e. The van der Waals surface area contributed by atoms with Gasteiger partial charge in [0.15, 0.2) is 6.20 Å². The van der Waals surface area contributed by atoms with E-state index in [9.17, 15) is 0 Å². The molecule has 0 saturated heterocycles. The van der Waals surface area contributed by atoms with Crippen molar-refractivity contribution in [2.45, 2.75) is 13.5 Å². The van der Waals surface area contributed by atoms with E-state index in [0.717, 1.165) is 17.1 Å². The Hall–Kier alpha value is -2.26. The first-order valence-corrected chi connectivity index (χ1v) is 7.95. The Bertz CT molecular complexity index is 907. The monoisotopic (exact) mass is 291 g/mol. The summed E-state index contributed by atoms with van der Waals surface area (Å²) in [5.41, 5.74) is 3.54. The molecule has 0 spiro atoms. The van der Waals surface area contributed by atoms with Crippen molar-refractivity contribution in [3.05, 3.63) is 60.8 Å². The molecule has 102 valence electrons. The lowest BCUT2D eigenvalue weighted by Crippen LogP contribution is -2.32. The molecule has 2 heterocycles. The Kier molecular flexibility index (Phi) is 2.93. The molecule has 2 aromatic carbocycles. The first-order chi connectivity index (χ1) is 10.3. The average molecular weight is 291 g/mol. The molecule has 0 fully saturated rings. The molecule has 0 saturated carbocycles. The van der Waals surface area contributed by atoms with Gasteiger partial charge in [-0.15, -0.1) is 11.3 Å². The number of aryl methyl sites for hydroxylation is 1. The highest BCUT2D eigenvalue weighted by Crippen LogP contribution is 2.30. The van der Waals surface area contributed by atoms with Crippen LogP contribution in [0.2, 0.25) is 0 Å². The maximum absolute atomic E-state index is 4.77. The van der Waals surface area contributed by atoms with Crippen molar-refractivity contribution in [1.82, 2.24) is 4.98 Å². The highest BCUT2D eigenvalue weighted by molar-refractivity contribution is 7.21. The van der Waals surface area contributed by atoms with Crippen LogP contribution >= 0.6 is 11.3 Å². The summed E-state index contributed by atoms with van der Waals surface area (Å²) in [5, 5.41) is 2.35. The van der Waals surface area contributed by atoms with Crippen LogP contribution in [0.5, 0.6) is 0 Å². The molecule has 0 amide bonds. The normalized spacial score (nSPS) is 11.3. The third-order valence-electron chi connectivity index (χ3n) is 3.73. The van der Waals surface area contributed by atoms with Crippen LogP contribution in [0.1, 0.15) is 6.92 Å². The van der Waals surface area contributed by atoms with E-state index in [4.69, 9.17) is 4.98 Å². The van der Waals surface area contributed by atoms with Gasteiger partial charge in [-0.25, -0.2) is 4.98 Å². The second kappa shape index (κ2) is 4.93. The Labute approximate surface area is 127 Å². The van der Waals surface area contributed by atoms with Crippen LogP contribution < -0.4 is 4.57 Å². The molecule has 2 aromatic heterocycles. The van der Waals surface area contributed by atoms with Crippen LogP contribution in [-0.2, 0) is 6.54 Å². The van der Waals surface area contributed by atoms with Gasteiger partial charge in [0.25, 0.3) is 0 Å². The standard InChI is InChI=1S/C18H15N2S/c1-2-20-12-14(11-13-7-3-5-9-16(13)20)18-19-15-8-4-6-10-17(15)21-18/h3-12H,2H2,1H3/q+1. The van der Waals surface area contributed by atoms with Crippen molar-refractivity contribution in [2.24, 2.45) is 0 Å². The molecular weight excluding hydrogens is 276 g/mol. The third kappa shape index (κ3) is 2.10. The number of fused-ring (bicyclic) bond motifs is 2. The van der Waals surface area contributed by atoms with E-state index >= 15 is 0 Å². The summed E-state index contributed by atoms with van der Waals surface area (Å²) in [6.45, 7) is 3.13. The molecule has 0 aliphatic rings. The summed E-state index contributed by atoms with van der Waals surface area (Å²) in [5.74, 6) is 0. The van der Waals surface area contributed by atoms with Crippen LogP contribution in [-0.4, -0.2) is 4.98 Å².